The predicted molar refractivity (Wildman–Crippen MR) is 43.6 cm³/mol. The Hall–Kier alpha value is -1.49. The van der Waals surface area contributed by atoms with Crippen LogP contribution in [0, 0.1) is 0 Å². The highest BCUT2D eigenvalue weighted by molar-refractivity contribution is 7.58. The topological polar surface area (TPSA) is 49.9 Å². The minimum absolute atomic E-state index is 0.198. The molecule has 2 aromatic rings. The quantitative estimate of drug-likeness (QED) is 0.434. The largest absolute Gasteiger partial charge is 0.736 e. The van der Waals surface area contributed by atoms with Gasteiger partial charge in [-0.3, -0.25) is 4.79 Å². The van der Waals surface area contributed by atoms with Crippen LogP contribution in [0.25, 0.3) is 5.52 Å². The molecular weight excluding hydrogens is 174 g/mol. The number of hydrogen-bond acceptors (Lipinski definition) is 3. The number of pyridine rings is 1. The molecule has 0 fully saturated rings. The molecule has 0 spiro atoms. The van der Waals surface area contributed by atoms with Crippen molar-refractivity contribution in [1.29, 1.82) is 0 Å². The van der Waals surface area contributed by atoms with E-state index in [1.165, 1.54) is 4.52 Å². The first-order valence-corrected chi connectivity index (χ1v) is 3.76. The summed E-state index contributed by atoms with van der Waals surface area (Å²) in [5.41, 5.74) is 0.279. The van der Waals surface area contributed by atoms with Crippen molar-refractivity contribution in [2.45, 2.75) is 5.16 Å². The molecule has 0 radical (unpaired) electrons. The van der Waals surface area contributed by atoms with Crippen molar-refractivity contribution >= 4 is 18.1 Å². The minimum Gasteiger partial charge on any atom is -0.736 e. The van der Waals surface area contributed by atoms with Crippen LogP contribution in [0.5, 0.6) is 0 Å². The number of rotatable bonds is 0. The van der Waals surface area contributed by atoms with Gasteiger partial charge >= 0.3 is 11.1 Å². The number of H-pyrrole nitrogens is 1. The summed E-state index contributed by atoms with van der Waals surface area (Å²) in [7, 11) is 0. The van der Waals surface area contributed by atoms with Crippen LogP contribution in [0.2, 0.25) is 0 Å². The van der Waals surface area contributed by atoms with Gasteiger partial charge in [-0.25, -0.2) is 0 Å². The molecule has 0 aliphatic heterocycles. The fourth-order valence-electron chi connectivity index (χ4n) is 0.986. The number of hydrogen-bond donors (Lipinski definition) is 1. The molecule has 5 heteroatoms. The highest BCUT2D eigenvalue weighted by Crippen LogP contribution is 1.85. The molecule has 1 N–H and O–H groups in total. The molecule has 0 saturated carbocycles. The molecule has 0 bridgehead atoms. The third-order valence-electron chi connectivity index (χ3n) is 1.49. The van der Waals surface area contributed by atoms with Crippen LogP contribution in [0.3, 0.4) is 0 Å². The van der Waals surface area contributed by atoms with E-state index in [1.54, 1.807) is 24.4 Å². The molecule has 60 valence electrons. The highest BCUT2D eigenvalue weighted by atomic mass is 32.1. The number of nitrogens with zero attached hydrogens (tertiary/aromatic N) is 2. The molecule has 2 rings (SSSR count). The van der Waals surface area contributed by atoms with E-state index in [0.29, 0.717) is 5.52 Å². The summed E-state index contributed by atoms with van der Waals surface area (Å²) in [5.74, 6) is 0. The molecule has 0 atom stereocenters. The third kappa shape index (κ3) is 1.04. The monoisotopic (exact) mass is 179 g/mol. The normalized spacial score (nSPS) is 10.3. The van der Waals surface area contributed by atoms with Crippen LogP contribution in [0.15, 0.2) is 34.3 Å². The summed E-state index contributed by atoms with van der Waals surface area (Å²) in [5, 5.41) is 4.11. The Morgan fingerprint density at radius 3 is 3.17 bits per heavy atom. The number of nitrogens with one attached hydrogen (secondary N) is 1. The second-order valence-corrected chi connectivity index (χ2v) is 2.68. The van der Waals surface area contributed by atoms with Crippen molar-refractivity contribution < 1.29 is 4.52 Å². The summed E-state index contributed by atoms with van der Waals surface area (Å²) in [6, 6.07) is 5.24. The van der Waals surface area contributed by atoms with E-state index in [9.17, 15) is 4.79 Å². The smallest absolute Gasteiger partial charge is 0.323 e. The van der Waals surface area contributed by atoms with Gasteiger partial charge < -0.3 is 17.6 Å². The van der Waals surface area contributed by atoms with Crippen LogP contribution in [-0.4, -0.2) is 10.1 Å². The SMILES string of the molecule is O=c1[nH]c([S-])n[n+]2ccccc12. The first kappa shape index (κ1) is 7.17. The number of aromatic nitrogens is 3. The van der Waals surface area contributed by atoms with Gasteiger partial charge in [-0.15, -0.1) is 0 Å². The molecule has 4 nitrogen and oxygen atoms in total. The van der Waals surface area contributed by atoms with Crippen LogP contribution >= 0.6 is 0 Å². The maximum atomic E-state index is 11.2. The van der Waals surface area contributed by atoms with Crippen molar-refractivity contribution in [3.05, 3.63) is 34.7 Å². The molecule has 12 heavy (non-hydrogen) atoms. The zero-order chi connectivity index (χ0) is 8.55. The first-order chi connectivity index (χ1) is 5.77. The Labute approximate surface area is 73.3 Å². The Balaban J connectivity index is 2.99. The van der Waals surface area contributed by atoms with Gasteiger partial charge in [0.05, 0.1) is 5.16 Å². The molecule has 0 unspecified atom stereocenters. The highest BCUT2D eigenvalue weighted by Gasteiger charge is 2.04. The lowest BCUT2D eigenvalue weighted by atomic mass is 10.4. The van der Waals surface area contributed by atoms with Crippen LogP contribution < -0.4 is 10.1 Å². The van der Waals surface area contributed by atoms with Crippen LogP contribution in [0.4, 0.5) is 0 Å². The van der Waals surface area contributed by atoms with Crippen LogP contribution in [-0.2, 0) is 12.6 Å². The van der Waals surface area contributed by atoms with Crippen molar-refractivity contribution in [2.24, 2.45) is 0 Å². The minimum atomic E-state index is -0.212. The molecule has 0 aliphatic carbocycles. The van der Waals surface area contributed by atoms with Crippen molar-refractivity contribution in [3.8, 4) is 0 Å². The summed E-state index contributed by atoms with van der Waals surface area (Å²) >= 11 is 4.74. The molecule has 0 amide bonds. The van der Waals surface area contributed by atoms with Gasteiger partial charge in [-0.05, 0) is 15.7 Å². The lowest BCUT2D eigenvalue weighted by Gasteiger charge is -1.96. The molecule has 0 aromatic carbocycles. The molecule has 2 aromatic heterocycles. The van der Waals surface area contributed by atoms with Gasteiger partial charge in [0, 0.05) is 12.1 Å². The van der Waals surface area contributed by atoms with Gasteiger partial charge in [0.1, 0.15) is 0 Å². The summed E-state index contributed by atoms with van der Waals surface area (Å²) in [6.45, 7) is 0. The van der Waals surface area contributed by atoms with Gasteiger partial charge in [0.15, 0.2) is 0 Å². The van der Waals surface area contributed by atoms with E-state index in [4.69, 9.17) is 12.6 Å². The molecular formula is C7H5N3OS. The average Bonchev–Trinajstić information content (AvgIpc) is 2.04. The summed E-state index contributed by atoms with van der Waals surface area (Å²) in [4.78, 5) is 13.7. The fourth-order valence-corrected chi connectivity index (χ4v) is 1.17. The number of aromatic amines is 1. The summed E-state index contributed by atoms with van der Waals surface area (Å²) < 4.78 is 1.46. The van der Waals surface area contributed by atoms with Crippen molar-refractivity contribution in [1.82, 2.24) is 10.1 Å². The van der Waals surface area contributed by atoms with Gasteiger partial charge in [0.25, 0.3) is 0 Å². The zero-order valence-corrected chi connectivity index (χ0v) is 6.84. The fraction of sp³-hybridized carbons (Fsp3) is 0. The number of fused-ring (bicyclic) bond motifs is 1. The average molecular weight is 179 g/mol. The van der Waals surface area contributed by atoms with E-state index < -0.39 is 0 Å². The van der Waals surface area contributed by atoms with E-state index in [-0.39, 0.29) is 10.7 Å². The van der Waals surface area contributed by atoms with E-state index in [0.717, 1.165) is 0 Å². The van der Waals surface area contributed by atoms with Crippen molar-refractivity contribution in [2.75, 3.05) is 0 Å². The summed E-state index contributed by atoms with van der Waals surface area (Å²) in [6.07, 6.45) is 1.68. The third-order valence-corrected chi connectivity index (χ3v) is 1.67. The lowest BCUT2D eigenvalue weighted by molar-refractivity contribution is -0.586. The second kappa shape index (κ2) is 2.53. The van der Waals surface area contributed by atoms with E-state index >= 15 is 0 Å². The first-order valence-electron chi connectivity index (χ1n) is 3.35. The second-order valence-electron chi connectivity index (χ2n) is 2.29. The maximum absolute atomic E-state index is 11.2. The maximum Gasteiger partial charge on any atom is 0.323 e. The Morgan fingerprint density at radius 2 is 2.33 bits per heavy atom. The van der Waals surface area contributed by atoms with Gasteiger partial charge in [0.2, 0.25) is 6.20 Å². The Morgan fingerprint density at radius 1 is 1.50 bits per heavy atom. The predicted octanol–water partition coefficient (Wildman–Crippen LogP) is -0.586. The molecule has 0 saturated heterocycles. The van der Waals surface area contributed by atoms with E-state index in [2.05, 4.69) is 10.1 Å². The lowest BCUT2D eigenvalue weighted by Crippen LogP contribution is -2.34. The van der Waals surface area contributed by atoms with Gasteiger partial charge in [-0.2, -0.15) is 0 Å². The molecule has 2 heterocycles. The van der Waals surface area contributed by atoms with E-state index in [1.807, 2.05) is 0 Å². The van der Waals surface area contributed by atoms with Crippen molar-refractivity contribution in [3.63, 3.8) is 0 Å². The molecule has 0 aliphatic rings. The van der Waals surface area contributed by atoms with Crippen LogP contribution in [0.1, 0.15) is 0 Å². The van der Waals surface area contributed by atoms with Gasteiger partial charge in [-0.1, -0.05) is 0 Å². The zero-order valence-electron chi connectivity index (χ0n) is 6.02. The Bertz CT molecular complexity index is 479. The Kier molecular flexibility index (Phi) is 1.51. The standard InChI is InChI=1S/C7H5N3OS/c11-6-5-3-1-2-4-10(5)9-7(12)8-6/h1-4H,(H-,8,9,11,12).